The van der Waals surface area contributed by atoms with Crippen LogP contribution in [0.2, 0.25) is 0 Å². The predicted molar refractivity (Wildman–Crippen MR) is 303 cm³/mol. The molecule has 4 aromatic rings. The average Bonchev–Trinajstić information content (AvgIpc) is 3.74. The number of nitrogens with one attached hydrogen (secondary N) is 1. The zero-order valence-electron chi connectivity index (χ0n) is 44.6. The number of rotatable bonds is 30. The van der Waals surface area contributed by atoms with Gasteiger partial charge in [0, 0.05) is 86.9 Å². The first-order valence-electron chi connectivity index (χ1n) is 25.7. The molecule has 0 bridgehead atoms. The quantitative estimate of drug-likeness (QED) is 0.0173. The summed E-state index contributed by atoms with van der Waals surface area (Å²) < 4.78 is 83.0. The number of fused-ring (bicyclic) bond motifs is 2. The third-order valence-corrected chi connectivity index (χ3v) is 17.2. The van der Waals surface area contributed by atoms with Crippen molar-refractivity contribution < 1.29 is 49.7 Å². The Balaban J connectivity index is 1.27. The Morgan fingerprint density at radius 3 is 2.00 bits per heavy atom. The molecule has 2 aliphatic heterocycles. The number of allylic oxidation sites excluding steroid dienone is 8. The van der Waals surface area contributed by atoms with Gasteiger partial charge < -0.3 is 33.7 Å². The van der Waals surface area contributed by atoms with E-state index in [1.165, 1.54) is 45.8 Å². The summed E-state index contributed by atoms with van der Waals surface area (Å²) in [5, 5.41) is 2.84. The summed E-state index contributed by atoms with van der Waals surface area (Å²) in [7, 11) is -3.62. The van der Waals surface area contributed by atoms with Crippen molar-refractivity contribution in [1.82, 2.24) is 5.32 Å². The summed E-state index contributed by atoms with van der Waals surface area (Å²) in [6, 6.07) is 27.8. The van der Waals surface area contributed by atoms with Crippen molar-refractivity contribution in [2.75, 3.05) is 90.4 Å². The molecule has 1 unspecified atom stereocenters. The van der Waals surface area contributed by atoms with E-state index in [0.717, 1.165) is 70.8 Å². The van der Waals surface area contributed by atoms with Gasteiger partial charge >= 0.3 is 0 Å². The molecule has 0 aliphatic carbocycles. The van der Waals surface area contributed by atoms with Gasteiger partial charge in [0.05, 0.1) is 36.7 Å². The molecule has 4 aromatic carbocycles. The minimum atomic E-state index is -4.60. The average molecular weight is 1080 g/mol. The molecule has 0 saturated carbocycles. The summed E-state index contributed by atoms with van der Waals surface area (Å²) in [5.41, 5.74) is 11.5. The van der Waals surface area contributed by atoms with Crippen molar-refractivity contribution in [3.8, 4) is 22.3 Å². The van der Waals surface area contributed by atoms with Crippen molar-refractivity contribution in [1.29, 1.82) is 0 Å². The molecule has 0 radical (unpaired) electrons. The number of benzene rings is 4. The van der Waals surface area contributed by atoms with Crippen LogP contribution in [0.5, 0.6) is 0 Å². The van der Waals surface area contributed by atoms with Crippen LogP contribution in [-0.2, 0) is 53.6 Å². The van der Waals surface area contributed by atoms with Gasteiger partial charge in [0.25, 0.3) is 0 Å². The number of carbonyl (C=O) groups is 1. The fraction of sp³-hybridized carbons (Fsp3) is 0.424. The SMILES string of the molecule is COCCOCCCN1/C(=C/C=C/C=C/C=C/C2=[N+](CCOCCOC)c3ccc(-c4ccc(C)cc4)cc3C2(C)C)C(C)(CCCCCC(=O)NCCSS(C)(=O)=O)c2cc(-c3ccc(S(=O)(=O)[O-])cc3)ccc21. The van der Waals surface area contributed by atoms with Gasteiger partial charge in [-0.1, -0.05) is 91.2 Å². The molecule has 2 heterocycles. The van der Waals surface area contributed by atoms with Crippen molar-refractivity contribution in [2.45, 2.75) is 81.9 Å². The van der Waals surface area contributed by atoms with Crippen molar-refractivity contribution in [3.05, 3.63) is 150 Å². The van der Waals surface area contributed by atoms with E-state index in [2.05, 4.69) is 127 Å². The van der Waals surface area contributed by atoms with Gasteiger partial charge in [0.1, 0.15) is 16.7 Å². The molecule has 75 heavy (non-hydrogen) atoms. The van der Waals surface area contributed by atoms with Crippen LogP contribution < -0.4 is 10.2 Å². The second kappa shape index (κ2) is 27.7. The standard InChI is InChI=1S/C59H75N3O10S3/c1-45-20-22-46(23-21-45)48-26-30-53-51(43-48)58(2,3)55(62(53)35-37-72-41-39-70-6)17-12-9-8-10-13-18-56-59(4,32-15-11-14-19-57(63)60-33-42-73-74(7,64)65)52-44-49(47-24-28-50(29-25-47)75(66,67)68)27-31-54(52)61(56)34-16-36-71-40-38-69-5/h8-10,12-13,17-18,20-31,43-44H,11,14-16,19,32-42H2,1-7H3,(H-,60,63,66,67,68). The summed E-state index contributed by atoms with van der Waals surface area (Å²) in [6.45, 7) is 13.8. The highest BCUT2D eigenvalue weighted by atomic mass is 33.1. The summed E-state index contributed by atoms with van der Waals surface area (Å²) in [4.78, 5) is 14.8. The maximum absolute atomic E-state index is 12.7. The van der Waals surface area contributed by atoms with Gasteiger partial charge in [-0.15, -0.1) is 0 Å². The van der Waals surface area contributed by atoms with Crippen molar-refractivity contribution in [3.63, 3.8) is 0 Å². The minimum absolute atomic E-state index is 0.0988. The minimum Gasteiger partial charge on any atom is -0.744 e. The van der Waals surface area contributed by atoms with Gasteiger partial charge in [-0.25, -0.2) is 16.8 Å². The maximum Gasteiger partial charge on any atom is 0.220 e. The number of amides is 1. The monoisotopic (exact) mass is 1080 g/mol. The number of hydrogen-bond donors (Lipinski definition) is 1. The van der Waals surface area contributed by atoms with Crippen LogP contribution in [0.3, 0.4) is 0 Å². The second-order valence-corrected chi connectivity index (χ2v) is 25.6. The summed E-state index contributed by atoms with van der Waals surface area (Å²) >= 11 is 0. The largest absolute Gasteiger partial charge is 0.744 e. The Morgan fingerprint density at radius 2 is 1.33 bits per heavy atom. The molecule has 13 nitrogen and oxygen atoms in total. The molecule has 16 heteroatoms. The van der Waals surface area contributed by atoms with Crippen LogP contribution in [0.1, 0.15) is 76.0 Å². The Bertz CT molecular complexity index is 2950. The van der Waals surface area contributed by atoms with Crippen LogP contribution in [0.4, 0.5) is 11.4 Å². The van der Waals surface area contributed by atoms with Crippen LogP contribution in [0.25, 0.3) is 22.3 Å². The lowest BCUT2D eigenvalue weighted by molar-refractivity contribution is -0.442. The lowest BCUT2D eigenvalue weighted by Gasteiger charge is -2.30. The lowest BCUT2D eigenvalue weighted by atomic mass is 9.76. The normalized spacial score (nSPS) is 17.1. The molecule has 1 amide bonds. The van der Waals surface area contributed by atoms with Crippen LogP contribution >= 0.6 is 10.8 Å². The first-order chi connectivity index (χ1) is 35.9. The molecule has 0 aromatic heterocycles. The molecule has 6 rings (SSSR count). The van der Waals surface area contributed by atoms with E-state index in [4.69, 9.17) is 18.9 Å². The highest BCUT2D eigenvalue weighted by Gasteiger charge is 2.45. The van der Waals surface area contributed by atoms with Gasteiger partial charge in [-0.3, -0.25) is 4.79 Å². The number of nitrogens with zero attached hydrogens (tertiary/aromatic N) is 2. The van der Waals surface area contributed by atoms with Crippen LogP contribution in [0, 0.1) is 6.92 Å². The number of methoxy groups -OCH3 is 2. The number of hydrogen-bond acceptors (Lipinski definition) is 12. The third-order valence-electron chi connectivity index (χ3n) is 13.7. The zero-order valence-corrected chi connectivity index (χ0v) is 47.1. The van der Waals surface area contributed by atoms with Gasteiger partial charge in [-0.2, -0.15) is 4.58 Å². The first kappa shape index (κ1) is 59.1. The fourth-order valence-corrected chi connectivity index (χ4v) is 11.9. The van der Waals surface area contributed by atoms with Crippen molar-refractivity contribution >= 4 is 52.8 Å². The highest BCUT2D eigenvalue weighted by molar-refractivity contribution is 8.71. The third kappa shape index (κ3) is 16.4. The lowest BCUT2D eigenvalue weighted by Crippen LogP contribution is -2.30. The second-order valence-electron chi connectivity index (χ2n) is 19.6. The van der Waals surface area contributed by atoms with E-state index in [1.54, 1.807) is 26.4 Å². The molecule has 2 aliphatic rings. The van der Waals surface area contributed by atoms with E-state index >= 15 is 0 Å². The smallest absolute Gasteiger partial charge is 0.220 e. The summed E-state index contributed by atoms with van der Waals surface area (Å²) in [5.74, 6) is 0.200. The number of aryl methyl sites for hydroxylation is 1. The number of anilines is 1. The van der Waals surface area contributed by atoms with Crippen LogP contribution in [0.15, 0.2) is 138 Å². The summed E-state index contributed by atoms with van der Waals surface area (Å²) in [6.07, 6.45) is 20.1. The first-order valence-corrected chi connectivity index (χ1v) is 30.5. The van der Waals surface area contributed by atoms with E-state index in [1.807, 2.05) is 18.2 Å². The fourth-order valence-electron chi connectivity index (χ4n) is 9.76. The van der Waals surface area contributed by atoms with Crippen LogP contribution in [-0.4, -0.2) is 123 Å². The molecule has 1 N–H and O–H groups in total. The van der Waals surface area contributed by atoms with E-state index in [9.17, 15) is 26.2 Å². The molecular formula is C59H75N3O10S3. The molecular weight excluding hydrogens is 1010 g/mol. The number of unbranched alkanes of at least 4 members (excludes halogenated alkanes) is 2. The van der Waals surface area contributed by atoms with E-state index < -0.39 is 24.4 Å². The maximum atomic E-state index is 12.7. The molecule has 1 atom stereocenters. The number of ether oxygens (including phenoxy) is 4. The number of carbonyl (C=O) groups excluding carboxylic acids is 1. The zero-order chi connectivity index (χ0) is 54.1. The van der Waals surface area contributed by atoms with Crippen molar-refractivity contribution in [2.24, 2.45) is 0 Å². The van der Waals surface area contributed by atoms with E-state index in [0.29, 0.717) is 71.3 Å². The Morgan fingerprint density at radius 1 is 0.720 bits per heavy atom. The van der Waals surface area contributed by atoms with Gasteiger partial charge in [-0.05, 0) is 128 Å². The Kier molecular flexibility index (Phi) is 21.9. The molecule has 404 valence electrons. The Hall–Kier alpha value is -5.17. The molecule has 0 fully saturated rings. The van der Waals surface area contributed by atoms with Gasteiger partial charge in [0.2, 0.25) is 11.6 Å². The highest BCUT2D eigenvalue weighted by Crippen LogP contribution is 2.52. The van der Waals surface area contributed by atoms with E-state index in [-0.39, 0.29) is 22.8 Å². The molecule has 0 saturated heterocycles. The predicted octanol–water partition coefficient (Wildman–Crippen LogP) is 10.4. The topological polar surface area (TPSA) is 164 Å². The Labute approximate surface area is 449 Å². The van der Waals surface area contributed by atoms with Gasteiger partial charge in [0.15, 0.2) is 21.1 Å². The molecule has 0 spiro atoms.